The summed E-state index contributed by atoms with van der Waals surface area (Å²) in [5.41, 5.74) is 3.53. The molecular weight excluding hydrogens is 477 g/mol. The molecule has 1 fully saturated rings. The third kappa shape index (κ3) is 9.02. The molecule has 1 aliphatic heterocycles. The number of aryl methyl sites for hydroxylation is 2. The maximum atomic E-state index is 12.6. The average Bonchev–Trinajstić information content (AvgIpc) is 3.08. The molecule has 3 heterocycles. The monoisotopic (exact) mass is 514 g/mol. The summed E-state index contributed by atoms with van der Waals surface area (Å²) < 4.78 is 37.7. The molecule has 37 heavy (non-hydrogen) atoms. The van der Waals surface area contributed by atoms with E-state index >= 15 is 0 Å². The van der Waals surface area contributed by atoms with Crippen molar-refractivity contribution in [3.05, 3.63) is 58.9 Å². The predicted molar refractivity (Wildman–Crippen MR) is 138 cm³/mol. The van der Waals surface area contributed by atoms with Crippen molar-refractivity contribution in [3.63, 3.8) is 0 Å². The zero-order valence-electron chi connectivity index (χ0n) is 21.6. The zero-order chi connectivity index (χ0) is 26.3. The minimum Gasteiger partial charge on any atom is -0.303 e. The highest BCUT2D eigenvalue weighted by atomic mass is 19.4. The number of alkyl halides is 3. The molecule has 200 valence electrons. The highest BCUT2D eigenvalue weighted by Crippen LogP contribution is 2.33. The molecule has 0 amide bonds. The van der Waals surface area contributed by atoms with E-state index in [0.717, 1.165) is 68.8 Å². The first-order valence-corrected chi connectivity index (χ1v) is 13.5. The van der Waals surface area contributed by atoms with Crippen LogP contribution in [0, 0.1) is 18.8 Å². The van der Waals surface area contributed by atoms with Gasteiger partial charge in [-0.3, -0.25) is 9.78 Å². The number of allylic oxidation sites excluding steroid dienone is 1. The first-order valence-electron chi connectivity index (χ1n) is 13.5. The number of carbonyl (C=O) groups is 1. The molecule has 2 aromatic heterocycles. The lowest BCUT2D eigenvalue weighted by Crippen LogP contribution is -2.29. The summed E-state index contributed by atoms with van der Waals surface area (Å²) in [7, 11) is 0. The summed E-state index contributed by atoms with van der Waals surface area (Å²) in [6.07, 6.45) is 9.93. The Labute approximate surface area is 217 Å². The van der Waals surface area contributed by atoms with Gasteiger partial charge in [0, 0.05) is 61.7 Å². The van der Waals surface area contributed by atoms with E-state index in [2.05, 4.69) is 19.9 Å². The SMILES string of the molecule is Cc1ncc(/C=C/C(=O)CC2CCC(CCN3CCc4ccc(CCC(F)(F)F)nc4CC3)CC2)cn1. The van der Waals surface area contributed by atoms with Crippen LogP contribution >= 0.6 is 0 Å². The van der Waals surface area contributed by atoms with Gasteiger partial charge in [0.2, 0.25) is 0 Å². The lowest BCUT2D eigenvalue weighted by atomic mass is 9.78. The van der Waals surface area contributed by atoms with Gasteiger partial charge < -0.3 is 4.90 Å². The van der Waals surface area contributed by atoms with E-state index in [-0.39, 0.29) is 12.2 Å². The maximum absolute atomic E-state index is 12.6. The van der Waals surface area contributed by atoms with E-state index < -0.39 is 12.6 Å². The summed E-state index contributed by atoms with van der Waals surface area (Å²) in [5.74, 6) is 2.05. The minimum atomic E-state index is -4.14. The summed E-state index contributed by atoms with van der Waals surface area (Å²) in [5, 5.41) is 0. The molecule has 2 aliphatic rings. The van der Waals surface area contributed by atoms with Crippen LogP contribution in [0.1, 0.15) is 73.3 Å². The Bertz CT molecular complexity index is 1060. The van der Waals surface area contributed by atoms with Crippen molar-refractivity contribution in [2.45, 2.75) is 77.3 Å². The van der Waals surface area contributed by atoms with Gasteiger partial charge >= 0.3 is 6.18 Å². The first kappa shape index (κ1) is 27.4. The summed E-state index contributed by atoms with van der Waals surface area (Å²) in [4.78, 5) is 27.7. The third-order valence-electron chi connectivity index (χ3n) is 7.73. The second-order valence-corrected chi connectivity index (χ2v) is 10.6. The van der Waals surface area contributed by atoms with E-state index in [9.17, 15) is 18.0 Å². The maximum Gasteiger partial charge on any atom is 0.389 e. The van der Waals surface area contributed by atoms with Crippen LogP contribution in [0.4, 0.5) is 13.2 Å². The van der Waals surface area contributed by atoms with E-state index in [0.29, 0.717) is 24.0 Å². The Morgan fingerprint density at radius 3 is 2.49 bits per heavy atom. The minimum absolute atomic E-state index is 0.0488. The number of fused-ring (bicyclic) bond motifs is 1. The molecule has 0 N–H and O–H groups in total. The topological polar surface area (TPSA) is 59.0 Å². The third-order valence-corrected chi connectivity index (χ3v) is 7.73. The fraction of sp³-hybridized carbons (Fsp3) is 0.586. The van der Waals surface area contributed by atoms with Gasteiger partial charge in [-0.2, -0.15) is 13.2 Å². The molecule has 5 nitrogen and oxygen atoms in total. The molecule has 0 atom stereocenters. The molecule has 0 bridgehead atoms. The highest BCUT2D eigenvalue weighted by molar-refractivity contribution is 5.93. The second-order valence-electron chi connectivity index (χ2n) is 10.6. The van der Waals surface area contributed by atoms with Gasteiger partial charge in [-0.25, -0.2) is 9.97 Å². The molecule has 1 aliphatic carbocycles. The molecule has 0 saturated heterocycles. The highest BCUT2D eigenvalue weighted by Gasteiger charge is 2.27. The fourth-order valence-electron chi connectivity index (χ4n) is 5.43. The number of aromatic nitrogens is 3. The Kier molecular flexibility index (Phi) is 9.46. The normalized spacial score (nSPS) is 21.1. The molecule has 0 unspecified atom stereocenters. The molecule has 0 aromatic carbocycles. The number of hydrogen-bond acceptors (Lipinski definition) is 5. The van der Waals surface area contributed by atoms with Crippen LogP contribution in [0.25, 0.3) is 6.08 Å². The van der Waals surface area contributed by atoms with Crippen LogP contribution < -0.4 is 0 Å². The summed E-state index contributed by atoms with van der Waals surface area (Å²) in [6, 6.07) is 3.74. The molecule has 1 saturated carbocycles. The van der Waals surface area contributed by atoms with Crippen LogP contribution in [-0.2, 0) is 24.1 Å². The van der Waals surface area contributed by atoms with Gasteiger partial charge in [-0.1, -0.05) is 18.9 Å². The molecule has 4 rings (SSSR count). The van der Waals surface area contributed by atoms with Gasteiger partial charge in [0.25, 0.3) is 0 Å². The number of pyridine rings is 1. The van der Waals surface area contributed by atoms with Crippen LogP contribution in [0.15, 0.2) is 30.6 Å². The number of carbonyl (C=O) groups excluding carboxylic acids is 1. The number of ketones is 1. The molecule has 0 spiro atoms. The van der Waals surface area contributed by atoms with Crippen molar-refractivity contribution in [1.82, 2.24) is 19.9 Å². The van der Waals surface area contributed by atoms with Crippen molar-refractivity contribution < 1.29 is 18.0 Å². The van der Waals surface area contributed by atoms with Crippen molar-refractivity contribution in [2.75, 3.05) is 19.6 Å². The average molecular weight is 515 g/mol. The molecule has 8 heteroatoms. The lowest BCUT2D eigenvalue weighted by molar-refractivity contribution is -0.134. The van der Waals surface area contributed by atoms with Crippen LogP contribution in [0.5, 0.6) is 0 Å². The number of nitrogens with zero attached hydrogens (tertiary/aromatic N) is 4. The lowest BCUT2D eigenvalue weighted by Gasteiger charge is -2.30. The summed E-state index contributed by atoms with van der Waals surface area (Å²) >= 11 is 0. The number of halogens is 3. The smallest absolute Gasteiger partial charge is 0.303 e. The first-order chi connectivity index (χ1) is 17.7. The van der Waals surface area contributed by atoms with Crippen molar-refractivity contribution in [3.8, 4) is 0 Å². The van der Waals surface area contributed by atoms with E-state index in [4.69, 9.17) is 0 Å². The molecule has 2 aromatic rings. The summed E-state index contributed by atoms with van der Waals surface area (Å²) in [6.45, 7) is 4.76. The standard InChI is InChI=1S/C29H37F3N4O/c1-21-33-19-24(20-34-21)6-9-27(37)18-23-4-2-22(3-5-23)11-15-36-16-12-25-7-8-26(10-14-29(30,31)32)35-28(25)13-17-36/h6-9,19-20,22-23H,2-5,10-18H2,1H3/b9-6+. The van der Waals surface area contributed by atoms with Gasteiger partial charge in [0.05, 0.1) is 0 Å². The van der Waals surface area contributed by atoms with Crippen molar-refractivity contribution >= 4 is 11.9 Å². The fourth-order valence-corrected chi connectivity index (χ4v) is 5.43. The van der Waals surface area contributed by atoms with Gasteiger partial charge in [-0.05, 0) is 81.2 Å². The van der Waals surface area contributed by atoms with E-state index in [1.807, 2.05) is 13.0 Å². The molecular formula is C29H37F3N4O. The second kappa shape index (κ2) is 12.8. The molecule has 0 radical (unpaired) electrons. The number of hydrogen-bond donors (Lipinski definition) is 0. The zero-order valence-corrected chi connectivity index (χ0v) is 21.6. The number of rotatable bonds is 9. The quantitative estimate of drug-likeness (QED) is 0.388. The Hall–Kier alpha value is -2.61. The Morgan fingerprint density at radius 2 is 1.76 bits per heavy atom. The van der Waals surface area contributed by atoms with E-state index in [1.54, 1.807) is 30.6 Å². The van der Waals surface area contributed by atoms with Crippen LogP contribution in [-0.4, -0.2) is 51.4 Å². The van der Waals surface area contributed by atoms with Crippen molar-refractivity contribution in [1.29, 1.82) is 0 Å². The van der Waals surface area contributed by atoms with Gasteiger partial charge in [0.15, 0.2) is 5.78 Å². The Morgan fingerprint density at radius 1 is 1.05 bits per heavy atom. The predicted octanol–water partition coefficient (Wildman–Crippen LogP) is 5.94. The van der Waals surface area contributed by atoms with Crippen LogP contribution in [0.3, 0.4) is 0 Å². The van der Waals surface area contributed by atoms with Crippen LogP contribution in [0.2, 0.25) is 0 Å². The van der Waals surface area contributed by atoms with Crippen molar-refractivity contribution in [2.24, 2.45) is 11.8 Å². The van der Waals surface area contributed by atoms with Gasteiger partial charge in [-0.15, -0.1) is 0 Å². The Balaban J connectivity index is 1.15. The largest absolute Gasteiger partial charge is 0.389 e. The van der Waals surface area contributed by atoms with Gasteiger partial charge in [0.1, 0.15) is 5.82 Å². The van der Waals surface area contributed by atoms with E-state index in [1.165, 1.54) is 18.4 Å².